The topological polar surface area (TPSA) is 79.8 Å². The van der Waals surface area contributed by atoms with Gasteiger partial charge in [-0.05, 0) is 24.3 Å². The number of halogens is 3. The first-order valence-electron chi connectivity index (χ1n) is 7.71. The molecule has 1 amide bonds. The van der Waals surface area contributed by atoms with Crippen LogP contribution in [0.4, 0.5) is 24.7 Å². The fraction of sp³-hybridized carbons (Fsp3) is 0.312. The minimum atomic E-state index is -4.41. The monoisotopic (exact) mass is 369 g/mol. The molecule has 1 aromatic carbocycles. The summed E-state index contributed by atoms with van der Waals surface area (Å²) in [5, 5.41) is 10.6. The highest BCUT2D eigenvalue weighted by Crippen LogP contribution is 2.32. The fourth-order valence-corrected chi connectivity index (χ4v) is 2.74. The molecular formula is C16H14F3N3O4. The Morgan fingerprint density at radius 2 is 1.81 bits per heavy atom. The largest absolute Gasteiger partial charge is 0.433 e. The fourth-order valence-electron chi connectivity index (χ4n) is 2.74. The first-order valence-corrected chi connectivity index (χ1v) is 7.71. The summed E-state index contributed by atoms with van der Waals surface area (Å²) in [4.78, 5) is 25.4. The van der Waals surface area contributed by atoms with Crippen LogP contribution in [0.15, 0.2) is 40.8 Å². The van der Waals surface area contributed by atoms with Gasteiger partial charge in [0.05, 0.1) is 11.6 Å². The highest BCUT2D eigenvalue weighted by atomic mass is 19.4. The summed E-state index contributed by atoms with van der Waals surface area (Å²) in [5.41, 5.74) is -0.294. The van der Waals surface area contributed by atoms with Gasteiger partial charge in [-0.3, -0.25) is 14.9 Å². The van der Waals surface area contributed by atoms with Crippen molar-refractivity contribution < 1.29 is 27.3 Å². The average molecular weight is 369 g/mol. The molecule has 0 unspecified atom stereocenters. The van der Waals surface area contributed by atoms with E-state index in [1.807, 2.05) is 0 Å². The molecule has 1 aliphatic heterocycles. The SMILES string of the molecule is O=C(c1ccc([N+](=O)[O-])o1)N1CCN(c2cccc(C(F)(F)F)c2)CC1. The van der Waals surface area contributed by atoms with Gasteiger partial charge in [-0.1, -0.05) is 6.07 Å². The molecule has 1 aliphatic rings. The van der Waals surface area contributed by atoms with Gasteiger partial charge < -0.3 is 14.2 Å². The van der Waals surface area contributed by atoms with Crippen LogP contribution in [-0.4, -0.2) is 41.9 Å². The van der Waals surface area contributed by atoms with Gasteiger partial charge in [-0.25, -0.2) is 0 Å². The van der Waals surface area contributed by atoms with Crippen LogP contribution in [0, 0.1) is 10.1 Å². The molecule has 0 aliphatic carbocycles. The van der Waals surface area contributed by atoms with Crippen molar-refractivity contribution >= 4 is 17.5 Å². The van der Waals surface area contributed by atoms with Crippen LogP contribution in [-0.2, 0) is 6.18 Å². The van der Waals surface area contributed by atoms with Crippen LogP contribution in [0.1, 0.15) is 16.1 Å². The summed E-state index contributed by atoms with van der Waals surface area (Å²) < 4.78 is 43.4. The number of piperazine rings is 1. The summed E-state index contributed by atoms with van der Waals surface area (Å²) >= 11 is 0. The van der Waals surface area contributed by atoms with Crippen molar-refractivity contribution in [2.75, 3.05) is 31.1 Å². The van der Waals surface area contributed by atoms with Crippen molar-refractivity contribution in [3.8, 4) is 0 Å². The lowest BCUT2D eigenvalue weighted by Crippen LogP contribution is -2.48. The molecule has 1 saturated heterocycles. The molecule has 0 saturated carbocycles. The molecule has 0 atom stereocenters. The van der Waals surface area contributed by atoms with E-state index in [0.717, 1.165) is 18.2 Å². The van der Waals surface area contributed by atoms with Crippen molar-refractivity contribution in [1.82, 2.24) is 4.90 Å². The minimum absolute atomic E-state index is 0.135. The first-order chi connectivity index (χ1) is 12.3. The summed E-state index contributed by atoms with van der Waals surface area (Å²) in [7, 11) is 0. The second kappa shape index (κ2) is 6.70. The molecule has 138 valence electrons. The van der Waals surface area contributed by atoms with Crippen LogP contribution in [0.3, 0.4) is 0 Å². The molecule has 10 heteroatoms. The van der Waals surface area contributed by atoms with E-state index in [0.29, 0.717) is 18.8 Å². The minimum Gasteiger partial charge on any atom is -0.395 e. The third-order valence-electron chi connectivity index (χ3n) is 4.09. The molecular weight excluding hydrogens is 355 g/mol. The van der Waals surface area contributed by atoms with Crippen molar-refractivity contribution in [3.05, 3.63) is 57.8 Å². The predicted octanol–water partition coefficient (Wildman–Crippen LogP) is 3.17. The van der Waals surface area contributed by atoms with E-state index in [1.165, 1.54) is 17.0 Å². The van der Waals surface area contributed by atoms with E-state index in [1.54, 1.807) is 11.0 Å². The lowest BCUT2D eigenvalue weighted by molar-refractivity contribution is -0.402. The lowest BCUT2D eigenvalue weighted by Gasteiger charge is -2.35. The zero-order chi connectivity index (χ0) is 18.9. The Kier molecular flexibility index (Phi) is 4.58. The first kappa shape index (κ1) is 17.8. The molecule has 2 heterocycles. The van der Waals surface area contributed by atoms with E-state index in [9.17, 15) is 28.1 Å². The number of hydrogen-bond donors (Lipinski definition) is 0. The second-order valence-corrected chi connectivity index (χ2v) is 5.72. The predicted molar refractivity (Wildman–Crippen MR) is 84.9 cm³/mol. The van der Waals surface area contributed by atoms with Crippen LogP contribution in [0.5, 0.6) is 0 Å². The smallest absolute Gasteiger partial charge is 0.395 e. The maximum Gasteiger partial charge on any atom is 0.433 e. The molecule has 1 aromatic heterocycles. The maximum absolute atomic E-state index is 12.8. The Labute approximate surface area is 145 Å². The van der Waals surface area contributed by atoms with Crippen molar-refractivity contribution in [1.29, 1.82) is 0 Å². The normalized spacial score (nSPS) is 15.2. The van der Waals surface area contributed by atoms with Crippen LogP contribution in [0.2, 0.25) is 0 Å². The number of hydrogen-bond acceptors (Lipinski definition) is 5. The summed E-state index contributed by atoms with van der Waals surface area (Å²) in [5.74, 6) is -1.14. The number of carbonyl (C=O) groups is 1. The Balaban J connectivity index is 1.65. The van der Waals surface area contributed by atoms with Crippen molar-refractivity contribution in [3.63, 3.8) is 0 Å². The van der Waals surface area contributed by atoms with Crippen molar-refractivity contribution in [2.45, 2.75) is 6.18 Å². The van der Waals surface area contributed by atoms with Gasteiger partial charge in [0.2, 0.25) is 0 Å². The number of alkyl halides is 3. The Bertz CT molecular complexity index is 826. The summed E-state index contributed by atoms with van der Waals surface area (Å²) in [6.07, 6.45) is -4.41. The van der Waals surface area contributed by atoms with Gasteiger partial charge in [0.25, 0.3) is 5.91 Å². The van der Waals surface area contributed by atoms with Crippen LogP contribution in [0.25, 0.3) is 0 Å². The van der Waals surface area contributed by atoms with Crippen LogP contribution >= 0.6 is 0 Å². The molecule has 1 fully saturated rings. The lowest BCUT2D eigenvalue weighted by atomic mass is 10.1. The molecule has 0 radical (unpaired) electrons. The summed E-state index contributed by atoms with van der Waals surface area (Å²) in [6, 6.07) is 7.35. The van der Waals surface area contributed by atoms with E-state index in [4.69, 9.17) is 4.42 Å². The highest BCUT2D eigenvalue weighted by molar-refractivity contribution is 5.92. The van der Waals surface area contributed by atoms with E-state index in [-0.39, 0.29) is 18.8 Å². The standard InChI is InChI=1S/C16H14F3N3O4/c17-16(18,19)11-2-1-3-12(10-11)20-6-8-21(9-7-20)15(23)13-4-5-14(26-13)22(24)25/h1-5,10H,6-9H2. The number of carbonyl (C=O) groups excluding carboxylic acids is 1. The van der Waals surface area contributed by atoms with Crippen LogP contribution < -0.4 is 4.90 Å². The van der Waals surface area contributed by atoms with E-state index >= 15 is 0 Å². The number of nitrogens with zero attached hydrogens (tertiary/aromatic N) is 3. The highest BCUT2D eigenvalue weighted by Gasteiger charge is 2.31. The number of nitro groups is 1. The number of amides is 1. The van der Waals surface area contributed by atoms with Crippen molar-refractivity contribution in [2.24, 2.45) is 0 Å². The third kappa shape index (κ3) is 3.63. The van der Waals surface area contributed by atoms with Gasteiger partial charge in [0, 0.05) is 31.9 Å². The third-order valence-corrected chi connectivity index (χ3v) is 4.09. The Morgan fingerprint density at radius 1 is 1.12 bits per heavy atom. The molecule has 0 spiro atoms. The molecule has 2 aromatic rings. The Hall–Kier alpha value is -3.04. The maximum atomic E-state index is 12.8. The van der Waals surface area contributed by atoms with Gasteiger partial charge in [-0.2, -0.15) is 13.2 Å². The van der Waals surface area contributed by atoms with Gasteiger partial charge in [0.1, 0.15) is 4.92 Å². The summed E-state index contributed by atoms with van der Waals surface area (Å²) in [6.45, 7) is 1.22. The Morgan fingerprint density at radius 3 is 2.38 bits per heavy atom. The van der Waals surface area contributed by atoms with Gasteiger partial charge >= 0.3 is 12.1 Å². The number of anilines is 1. The van der Waals surface area contributed by atoms with Gasteiger partial charge in [0.15, 0.2) is 5.76 Å². The molecule has 7 nitrogen and oxygen atoms in total. The van der Waals surface area contributed by atoms with Gasteiger partial charge in [-0.15, -0.1) is 0 Å². The zero-order valence-corrected chi connectivity index (χ0v) is 13.4. The molecule has 26 heavy (non-hydrogen) atoms. The molecule has 3 rings (SSSR count). The molecule has 0 N–H and O–H groups in total. The number of benzene rings is 1. The average Bonchev–Trinajstić information content (AvgIpc) is 3.11. The quantitative estimate of drug-likeness (QED) is 0.613. The number of rotatable bonds is 3. The van der Waals surface area contributed by atoms with E-state index < -0.39 is 28.5 Å². The number of furan rings is 1. The molecule has 0 bridgehead atoms. The second-order valence-electron chi connectivity index (χ2n) is 5.72. The van der Waals surface area contributed by atoms with E-state index in [2.05, 4.69) is 0 Å². The zero-order valence-electron chi connectivity index (χ0n) is 13.4.